The van der Waals surface area contributed by atoms with E-state index in [0.29, 0.717) is 6.54 Å². The number of hydrogen-bond acceptors (Lipinski definition) is 3. The number of aliphatic hydroxyl groups is 1. The van der Waals surface area contributed by atoms with Crippen LogP contribution in [0.15, 0.2) is 42.6 Å². The van der Waals surface area contributed by atoms with Gasteiger partial charge >= 0.3 is 0 Å². The first-order chi connectivity index (χ1) is 15.4. The molecule has 5 nitrogen and oxygen atoms in total. The Hall–Kier alpha value is -2.92. The number of aromatic nitrogens is 2. The number of hydrogen-bond donors (Lipinski definition) is 1. The monoisotopic (exact) mass is 429 g/mol. The van der Waals surface area contributed by atoms with E-state index in [1.807, 2.05) is 28.9 Å². The van der Waals surface area contributed by atoms with Crippen LogP contribution >= 0.6 is 0 Å². The smallest absolute Gasteiger partial charge is 0.254 e. The third kappa shape index (κ3) is 3.65. The fourth-order valence-corrected chi connectivity index (χ4v) is 5.32. The molecule has 1 fully saturated rings. The lowest BCUT2D eigenvalue weighted by Crippen LogP contribution is -2.45. The number of carbonyl (C=O) groups is 1. The lowest BCUT2D eigenvalue weighted by Gasteiger charge is -2.35. The number of nitrogens with zero attached hydrogens (tertiary/aromatic N) is 3. The lowest BCUT2D eigenvalue weighted by atomic mass is 9.91. The second-order valence-electron chi connectivity index (χ2n) is 9.41. The Bertz CT molecular complexity index is 1160. The van der Waals surface area contributed by atoms with E-state index in [4.69, 9.17) is 0 Å². The highest BCUT2D eigenvalue weighted by atomic mass is 16.3. The summed E-state index contributed by atoms with van der Waals surface area (Å²) in [7, 11) is 1.92. The van der Waals surface area contributed by atoms with Crippen molar-refractivity contribution in [3.05, 3.63) is 76.0 Å². The summed E-state index contributed by atoms with van der Waals surface area (Å²) in [5, 5.41) is 15.0. The Labute approximate surface area is 189 Å². The maximum Gasteiger partial charge on any atom is 0.254 e. The largest absolute Gasteiger partial charge is 0.391 e. The molecule has 5 rings (SSSR count). The highest BCUT2D eigenvalue weighted by Crippen LogP contribution is 2.35. The Morgan fingerprint density at radius 3 is 2.50 bits per heavy atom. The molecule has 2 aliphatic rings. The molecule has 0 unspecified atom stereocenters. The predicted octanol–water partition coefficient (Wildman–Crippen LogP) is 4.55. The second-order valence-corrected chi connectivity index (χ2v) is 9.41. The number of fused-ring (bicyclic) bond motifs is 1. The third-order valence-electron chi connectivity index (χ3n) is 7.41. The number of aliphatic hydroxyl groups excluding tert-OH is 1. The molecule has 0 radical (unpaired) electrons. The van der Waals surface area contributed by atoms with Crippen LogP contribution in [0.3, 0.4) is 0 Å². The van der Waals surface area contributed by atoms with E-state index in [1.54, 1.807) is 0 Å². The van der Waals surface area contributed by atoms with Crippen molar-refractivity contribution in [2.24, 2.45) is 7.05 Å². The first-order valence-electron chi connectivity index (χ1n) is 11.6. The van der Waals surface area contributed by atoms with Crippen LogP contribution in [0.4, 0.5) is 0 Å². The van der Waals surface area contributed by atoms with E-state index < -0.39 is 6.10 Å². The zero-order chi connectivity index (χ0) is 22.4. The van der Waals surface area contributed by atoms with Gasteiger partial charge in [0.05, 0.1) is 17.8 Å². The van der Waals surface area contributed by atoms with Gasteiger partial charge < -0.3 is 10.0 Å². The van der Waals surface area contributed by atoms with Gasteiger partial charge in [0.25, 0.3) is 5.91 Å². The molecule has 32 heavy (non-hydrogen) atoms. The molecule has 1 N–H and O–H groups in total. The van der Waals surface area contributed by atoms with Crippen molar-refractivity contribution in [2.75, 3.05) is 0 Å². The molecule has 1 saturated carbocycles. The minimum Gasteiger partial charge on any atom is -0.391 e. The van der Waals surface area contributed by atoms with Crippen LogP contribution < -0.4 is 0 Å². The van der Waals surface area contributed by atoms with Gasteiger partial charge in [0.15, 0.2) is 0 Å². The molecule has 166 valence electrons. The van der Waals surface area contributed by atoms with Gasteiger partial charge in [0.2, 0.25) is 0 Å². The Kier molecular flexibility index (Phi) is 5.38. The first kappa shape index (κ1) is 21.0. The molecular formula is C27H31N3O2. The average Bonchev–Trinajstić information content (AvgIpc) is 3.36. The molecule has 0 saturated heterocycles. The van der Waals surface area contributed by atoms with Gasteiger partial charge in [-0.1, -0.05) is 37.1 Å². The number of rotatable bonds is 4. The van der Waals surface area contributed by atoms with Crippen molar-refractivity contribution in [3.63, 3.8) is 0 Å². The molecule has 1 aliphatic heterocycles. The summed E-state index contributed by atoms with van der Waals surface area (Å²) < 4.78 is 1.81. The highest BCUT2D eigenvalue weighted by molar-refractivity contribution is 5.99. The third-order valence-corrected chi connectivity index (χ3v) is 7.41. The van der Waals surface area contributed by atoms with Gasteiger partial charge in [-0.25, -0.2) is 0 Å². The summed E-state index contributed by atoms with van der Waals surface area (Å²) in [6.07, 6.45) is 6.17. The van der Waals surface area contributed by atoms with Crippen LogP contribution in [0.1, 0.15) is 63.9 Å². The fourth-order valence-electron chi connectivity index (χ4n) is 5.32. The minimum absolute atomic E-state index is 0.0500. The molecular weight excluding hydrogens is 398 g/mol. The summed E-state index contributed by atoms with van der Waals surface area (Å²) in [6, 6.07) is 12.6. The van der Waals surface area contributed by atoms with E-state index >= 15 is 0 Å². The van der Waals surface area contributed by atoms with E-state index in [9.17, 15) is 9.90 Å². The van der Waals surface area contributed by atoms with E-state index in [-0.39, 0.29) is 11.9 Å². The SMILES string of the molecule is Cc1c(Cc2ccc(-c3ccn(C)n3)cc2)cc2c(c1C)CN([C@H]1CCCC[C@@H]1O)C2=O. The van der Waals surface area contributed by atoms with Crippen LogP contribution in [0.2, 0.25) is 0 Å². The van der Waals surface area contributed by atoms with Gasteiger partial charge in [-0.15, -0.1) is 0 Å². The minimum atomic E-state index is -0.402. The molecule has 2 aromatic carbocycles. The molecule has 1 aromatic heterocycles. The summed E-state index contributed by atoms with van der Waals surface area (Å²) in [5.41, 5.74) is 8.93. The molecule has 0 bridgehead atoms. The zero-order valence-corrected chi connectivity index (χ0v) is 19.1. The topological polar surface area (TPSA) is 58.4 Å². The van der Waals surface area contributed by atoms with Crippen molar-refractivity contribution >= 4 is 5.91 Å². The number of amides is 1. The predicted molar refractivity (Wildman–Crippen MR) is 126 cm³/mol. The summed E-state index contributed by atoms with van der Waals surface area (Å²) in [6.45, 7) is 4.92. The van der Waals surface area contributed by atoms with Crippen molar-refractivity contribution in [1.29, 1.82) is 0 Å². The molecule has 0 spiro atoms. The fraction of sp³-hybridized carbons (Fsp3) is 0.407. The van der Waals surface area contributed by atoms with Crippen LogP contribution in [0, 0.1) is 13.8 Å². The summed E-state index contributed by atoms with van der Waals surface area (Å²) in [4.78, 5) is 15.2. The van der Waals surface area contributed by atoms with Gasteiger partial charge in [-0.2, -0.15) is 5.10 Å². The molecule has 2 heterocycles. The quantitative estimate of drug-likeness (QED) is 0.662. The number of aryl methyl sites for hydroxylation is 1. The van der Waals surface area contributed by atoms with Crippen molar-refractivity contribution in [2.45, 2.75) is 64.6 Å². The van der Waals surface area contributed by atoms with E-state index in [0.717, 1.165) is 54.5 Å². The Morgan fingerprint density at radius 2 is 1.81 bits per heavy atom. The van der Waals surface area contributed by atoms with E-state index in [2.05, 4.69) is 49.3 Å². The molecule has 1 aliphatic carbocycles. The standard InChI is InChI=1S/C27H31N3O2/c1-17-18(2)23-16-30(25-6-4-5-7-26(25)31)27(32)22(23)15-21(17)14-19-8-10-20(11-9-19)24-12-13-29(3)28-24/h8-13,15,25-26,31H,4-7,14,16H2,1-3H3/t25-,26-/m0/s1. The Morgan fingerprint density at radius 1 is 1.06 bits per heavy atom. The van der Waals surface area contributed by atoms with Gasteiger partial charge in [-0.05, 0) is 73.1 Å². The van der Waals surface area contributed by atoms with Crippen LogP contribution in [0.5, 0.6) is 0 Å². The van der Waals surface area contributed by atoms with Gasteiger partial charge in [0.1, 0.15) is 0 Å². The van der Waals surface area contributed by atoms with Gasteiger partial charge in [-0.3, -0.25) is 9.48 Å². The summed E-state index contributed by atoms with van der Waals surface area (Å²) >= 11 is 0. The van der Waals surface area contributed by atoms with Crippen LogP contribution in [-0.4, -0.2) is 37.8 Å². The maximum atomic E-state index is 13.3. The lowest BCUT2D eigenvalue weighted by molar-refractivity contribution is 0.0191. The zero-order valence-electron chi connectivity index (χ0n) is 19.1. The first-order valence-corrected chi connectivity index (χ1v) is 11.6. The summed E-state index contributed by atoms with van der Waals surface area (Å²) in [5.74, 6) is 0.0841. The molecule has 5 heteroatoms. The molecule has 3 aromatic rings. The van der Waals surface area contributed by atoms with Gasteiger partial charge in [0, 0.05) is 30.9 Å². The van der Waals surface area contributed by atoms with Crippen molar-refractivity contribution in [3.8, 4) is 11.3 Å². The van der Waals surface area contributed by atoms with Crippen LogP contribution in [0.25, 0.3) is 11.3 Å². The number of carbonyl (C=O) groups excluding carboxylic acids is 1. The molecule has 1 amide bonds. The highest BCUT2D eigenvalue weighted by Gasteiger charge is 2.38. The van der Waals surface area contributed by atoms with E-state index in [1.165, 1.54) is 22.3 Å². The average molecular weight is 430 g/mol. The Balaban J connectivity index is 1.40. The maximum absolute atomic E-state index is 13.3. The van der Waals surface area contributed by atoms with Crippen molar-refractivity contribution in [1.82, 2.24) is 14.7 Å². The van der Waals surface area contributed by atoms with Crippen molar-refractivity contribution < 1.29 is 9.90 Å². The molecule has 2 atom stereocenters. The second kappa shape index (κ2) is 8.21. The van der Waals surface area contributed by atoms with Crippen LogP contribution in [-0.2, 0) is 20.0 Å². The number of benzene rings is 2. The normalized spacial score (nSPS) is 20.6.